The number of aromatic nitrogens is 2. The molecule has 0 aliphatic carbocycles. The molecule has 1 aromatic heterocycles. The number of nitrogens with one attached hydrogen (secondary N) is 1. The van der Waals surface area contributed by atoms with Crippen molar-refractivity contribution in [3.8, 4) is 0 Å². The number of rotatable bonds is 7. The molecule has 0 spiro atoms. The molecule has 4 nitrogen and oxygen atoms in total. The molecule has 1 rings (SSSR count). The van der Waals surface area contributed by atoms with Crippen molar-refractivity contribution in [2.45, 2.75) is 19.8 Å². The van der Waals surface area contributed by atoms with Crippen LogP contribution in [0.25, 0.3) is 0 Å². The fraction of sp³-hybridized carbons (Fsp3) is 0.750. The Morgan fingerprint density at radius 3 is 2.93 bits per heavy atom. The van der Waals surface area contributed by atoms with Crippen molar-refractivity contribution >= 4 is 29.1 Å². The van der Waals surface area contributed by atoms with E-state index in [1.165, 1.54) is 0 Å². The van der Waals surface area contributed by atoms with Gasteiger partial charge in [0.2, 0.25) is 0 Å². The number of hydrogen-bond acceptors (Lipinski definition) is 5. The first-order chi connectivity index (χ1) is 6.84. The predicted octanol–water partition coefficient (Wildman–Crippen LogP) is 2.42. The zero-order valence-corrected chi connectivity index (χ0v) is 9.70. The molecule has 14 heavy (non-hydrogen) atoms. The monoisotopic (exact) mass is 235 g/mol. The summed E-state index contributed by atoms with van der Waals surface area (Å²) in [5.41, 5.74) is 0. The van der Waals surface area contributed by atoms with Gasteiger partial charge in [-0.3, -0.25) is 0 Å². The van der Waals surface area contributed by atoms with Crippen LogP contribution in [0, 0.1) is 0 Å². The fourth-order valence-corrected chi connectivity index (χ4v) is 1.59. The lowest BCUT2D eigenvalue weighted by molar-refractivity contribution is 0.134. The number of halogens is 1. The second-order valence-corrected chi connectivity index (χ2v) is 3.68. The first-order valence-electron chi connectivity index (χ1n) is 4.64. The van der Waals surface area contributed by atoms with Gasteiger partial charge in [-0.25, -0.2) is 0 Å². The van der Waals surface area contributed by atoms with Gasteiger partial charge in [0.25, 0.3) is 0 Å². The maximum absolute atomic E-state index is 5.75. The Kier molecular flexibility index (Phi) is 5.82. The third kappa shape index (κ3) is 4.21. The van der Waals surface area contributed by atoms with Crippen LogP contribution in [0.2, 0.25) is 5.15 Å². The predicted molar refractivity (Wildman–Crippen MR) is 59.1 cm³/mol. The normalized spacial score (nSPS) is 10.4. The van der Waals surface area contributed by atoms with Gasteiger partial charge in [-0.1, -0.05) is 18.5 Å². The maximum Gasteiger partial charge on any atom is 0.186 e. The van der Waals surface area contributed by atoms with Gasteiger partial charge in [-0.05, 0) is 12.8 Å². The van der Waals surface area contributed by atoms with Crippen molar-refractivity contribution < 1.29 is 4.74 Å². The van der Waals surface area contributed by atoms with Crippen LogP contribution in [-0.4, -0.2) is 28.5 Å². The smallest absolute Gasteiger partial charge is 0.186 e. The number of anilines is 1. The molecule has 0 atom stereocenters. The molecule has 0 amide bonds. The van der Waals surface area contributed by atoms with Gasteiger partial charge in [-0.15, -0.1) is 0 Å². The third-order valence-electron chi connectivity index (χ3n) is 1.55. The highest BCUT2D eigenvalue weighted by atomic mass is 35.5. The Balaban J connectivity index is 2.02. The molecule has 0 saturated carbocycles. The second-order valence-electron chi connectivity index (χ2n) is 2.80. The summed E-state index contributed by atoms with van der Waals surface area (Å²) in [6.07, 6.45) is 2.02. The molecule has 0 unspecified atom stereocenters. The Bertz CT molecular complexity index is 256. The first-order valence-corrected chi connectivity index (χ1v) is 5.75. The van der Waals surface area contributed by atoms with Crippen molar-refractivity contribution in [1.29, 1.82) is 0 Å². The van der Waals surface area contributed by atoms with E-state index in [1.807, 2.05) is 0 Å². The lowest BCUT2D eigenvalue weighted by Gasteiger charge is -2.03. The fourth-order valence-electron chi connectivity index (χ4n) is 0.911. The second kappa shape index (κ2) is 6.98. The van der Waals surface area contributed by atoms with Gasteiger partial charge in [-0.2, -0.15) is 8.75 Å². The number of ether oxygens (including phenoxy) is 1. The molecule has 0 fully saturated rings. The van der Waals surface area contributed by atoms with E-state index < -0.39 is 0 Å². The molecule has 0 bridgehead atoms. The molecule has 0 radical (unpaired) electrons. The molecule has 6 heteroatoms. The van der Waals surface area contributed by atoms with E-state index in [4.69, 9.17) is 16.3 Å². The molecule has 0 aliphatic heterocycles. The first kappa shape index (κ1) is 11.7. The average molecular weight is 236 g/mol. The van der Waals surface area contributed by atoms with E-state index in [2.05, 4.69) is 21.0 Å². The van der Waals surface area contributed by atoms with Crippen LogP contribution in [-0.2, 0) is 4.74 Å². The molecular weight excluding hydrogens is 222 g/mol. The molecule has 1 N–H and O–H groups in total. The summed E-state index contributed by atoms with van der Waals surface area (Å²) in [6, 6.07) is 0. The van der Waals surface area contributed by atoms with E-state index in [9.17, 15) is 0 Å². The quantitative estimate of drug-likeness (QED) is 0.738. The zero-order valence-electron chi connectivity index (χ0n) is 8.12. The molecule has 80 valence electrons. The Labute approximate surface area is 92.9 Å². The van der Waals surface area contributed by atoms with E-state index in [-0.39, 0.29) is 0 Å². The van der Waals surface area contributed by atoms with Gasteiger partial charge in [0.05, 0.1) is 11.7 Å². The maximum atomic E-state index is 5.75. The molecule has 0 saturated heterocycles. The van der Waals surface area contributed by atoms with Crippen molar-refractivity contribution in [1.82, 2.24) is 8.75 Å². The molecule has 1 aromatic rings. The third-order valence-corrected chi connectivity index (χ3v) is 2.45. The SMILES string of the molecule is CCCOCCCNc1nsnc1Cl. The van der Waals surface area contributed by atoms with Gasteiger partial charge in [0.15, 0.2) is 11.0 Å². The lowest BCUT2D eigenvalue weighted by Crippen LogP contribution is -2.06. The van der Waals surface area contributed by atoms with E-state index in [0.29, 0.717) is 11.0 Å². The standard InChI is InChI=1S/C8H14ClN3OS/c1-2-5-13-6-3-4-10-8-7(9)11-14-12-8/h2-6H2,1H3,(H,10,12). The summed E-state index contributed by atoms with van der Waals surface area (Å²) in [5, 5.41) is 3.54. The van der Waals surface area contributed by atoms with Crippen molar-refractivity contribution in [3.63, 3.8) is 0 Å². The van der Waals surface area contributed by atoms with Crippen LogP contribution in [0.1, 0.15) is 19.8 Å². The Morgan fingerprint density at radius 1 is 1.43 bits per heavy atom. The van der Waals surface area contributed by atoms with Crippen LogP contribution < -0.4 is 5.32 Å². The van der Waals surface area contributed by atoms with Crippen LogP contribution in [0.3, 0.4) is 0 Å². The van der Waals surface area contributed by atoms with Crippen LogP contribution in [0.4, 0.5) is 5.82 Å². The summed E-state index contributed by atoms with van der Waals surface area (Å²) in [4.78, 5) is 0. The van der Waals surface area contributed by atoms with E-state index in [1.54, 1.807) is 0 Å². The topological polar surface area (TPSA) is 47.0 Å². The number of hydrogen-bond donors (Lipinski definition) is 1. The van der Waals surface area contributed by atoms with Gasteiger partial charge in [0.1, 0.15) is 0 Å². The zero-order chi connectivity index (χ0) is 10.2. The summed E-state index contributed by atoms with van der Waals surface area (Å²) < 4.78 is 13.2. The van der Waals surface area contributed by atoms with Crippen LogP contribution in [0.5, 0.6) is 0 Å². The highest BCUT2D eigenvalue weighted by Crippen LogP contribution is 2.17. The van der Waals surface area contributed by atoms with Gasteiger partial charge < -0.3 is 10.1 Å². The largest absolute Gasteiger partial charge is 0.381 e. The van der Waals surface area contributed by atoms with Gasteiger partial charge >= 0.3 is 0 Å². The summed E-state index contributed by atoms with van der Waals surface area (Å²) in [6.45, 7) is 4.52. The molecule has 1 heterocycles. The lowest BCUT2D eigenvalue weighted by atomic mass is 10.4. The van der Waals surface area contributed by atoms with Gasteiger partial charge in [0, 0.05) is 19.8 Å². The van der Waals surface area contributed by atoms with Crippen LogP contribution in [0.15, 0.2) is 0 Å². The van der Waals surface area contributed by atoms with Crippen LogP contribution >= 0.6 is 23.3 Å². The average Bonchev–Trinajstić information content (AvgIpc) is 2.58. The summed E-state index contributed by atoms with van der Waals surface area (Å²) in [7, 11) is 0. The highest BCUT2D eigenvalue weighted by molar-refractivity contribution is 6.99. The Hall–Kier alpha value is -0.390. The van der Waals surface area contributed by atoms with Crippen molar-refractivity contribution in [2.75, 3.05) is 25.1 Å². The number of nitrogens with zero attached hydrogens (tertiary/aromatic N) is 2. The molecule has 0 aliphatic rings. The van der Waals surface area contributed by atoms with Crippen molar-refractivity contribution in [3.05, 3.63) is 5.15 Å². The summed E-state index contributed by atoms with van der Waals surface area (Å²) in [5.74, 6) is 0.673. The minimum atomic E-state index is 0.449. The minimum Gasteiger partial charge on any atom is -0.381 e. The van der Waals surface area contributed by atoms with Crippen molar-refractivity contribution in [2.24, 2.45) is 0 Å². The van der Waals surface area contributed by atoms with E-state index in [0.717, 1.165) is 44.3 Å². The molecular formula is C8H14ClN3OS. The summed E-state index contributed by atoms with van der Waals surface area (Å²) >= 11 is 6.86. The minimum absolute atomic E-state index is 0.449. The molecule has 0 aromatic carbocycles. The van der Waals surface area contributed by atoms with E-state index >= 15 is 0 Å². The Morgan fingerprint density at radius 2 is 2.29 bits per heavy atom. The highest BCUT2D eigenvalue weighted by Gasteiger charge is 2.02.